The molecule has 2 aromatic heterocycles. The van der Waals surface area contributed by atoms with E-state index in [1.54, 1.807) is 23.5 Å². The van der Waals surface area contributed by atoms with Crippen molar-refractivity contribution in [3.8, 4) is 0 Å². The summed E-state index contributed by atoms with van der Waals surface area (Å²) in [6, 6.07) is 5.50. The Hall–Kier alpha value is -0.730. The predicted molar refractivity (Wildman–Crippen MR) is 87.9 cm³/mol. The van der Waals surface area contributed by atoms with Gasteiger partial charge in [0.1, 0.15) is 5.82 Å². The smallest absolute Gasteiger partial charge is 0.178 e. The first-order valence-electron chi connectivity index (χ1n) is 5.69. The van der Waals surface area contributed by atoms with E-state index in [0.717, 1.165) is 11.0 Å². The number of hydrogen-bond acceptors (Lipinski definition) is 2. The van der Waals surface area contributed by atoms with Crippen molar-refractivity contribution in [2.45, 2.75) is 13.0 Å². The fraction of sp³-hybridized carbons (Fsp3) is 0.154. The summed E-state index contributed by atoms with van der Waals surface area (Å²) in [5.41, 5.74) is 2.86. The van der Waals surface area contributed by atoms with E-state index in [1.807, 2.05) is 32.5 Å². The van der Waals surface area contributed by atoms with Gasteiger partial charge in [-0.3, -0.25) is 0 Å². The second kappa shape index (κ2) is 4.99. The largest absolute Gasteiger partial charge is 0.331 e. The number of benzene rings is 1. The fourth-order valence-electron chi connectivity index (χ4n) is 2.17. The molecule has 1 aromatic carbocycles. The van der Waals surface area contributed by atoms with Crippen molar-refractivity contribution in [2.75, 3.05) is 0 Å². The van der Waals surface area contributed by atoms with Gasteiger partial charge >= 0.3 is 0 Å². The number of aromatic nitrogens is 2. The lowest BCUT2D eigenvalue weighted by Crippen LogP contribution is -2.05. The van der Waals surface area contributed by atoms with Crippen LogP contribution in [0.4, 0.5) is 4.39 Å². The molecule has 98 valence electrons. The van der Waals surface area contributed by atoms with Crippen molar-refractivity contribution in [1.29, 1.82) is 0 Å². The number of nitrogens with one attached hydrogen (secondary N) is 1. The highest BCUT2D eigenvalue weighted by Gasteiger charge is 2.15. The van der Waals surface area contributed by atoms with Gasteiger partial charge in [0.25, 0.3) is 0 Å². The molecule has 0 amide bonds. The van der Waals surface area contributed by atoms with Gasteiger partial charge in [-0.25, -0.2) is 4.39 Å². The highest BCUT2D eigenvalue weighted by molar-refractivity contribution is 14.1. The number of nitrogens with zero attached hydrogens (tertiary/aromatic N) is 1. The van der Waals surface area contributed by atoms with E-state index in [9.17, 15) is 4.39 Å². The van der Waals surface area contributed by atoms with Gasteiger partial charge in [0, 0.05) is 6.07 Å². The van der Waals surface area contributed by atoms with E-state index in [0.29, 0.717) is 8.34 Å². The first-order chi connectivity index (χ1) is 9.08. The molecule has 0 saturated carbocycles. The fourth-order valence-corrected chi connectivity index (χ4v) is 3.75. The van der Waals surface area contributed by atoms with E-state index in [1.165, 1.54) is 5.56 Å². The minimum atomic E-state index is -0.214. The number of H-pyrrole nitrogens is 1. The van der Waals surface area contributed by atoms with E-state index in [-0.39, 0.29) is 11.9 Å². The number of hydrogen-bond donors (Lipinski definition) is 1. The molecule has 2 heterocycles. The van der Waals surface area contributed by atoms with Gasteiger partial charge in [-0.1, -0.05) is 0 Å². The Kier molecular flexibility index (Phi) is 3.48. The number of thiophene rings is 1. The molecule has 0 radical (unpaired) electrons. The summed E-state index contributed by atoms with van der Waals surface area (Å²) >= 11 is 9.01. The van der Waals surface area contributed by atoms with Crippen LogP contribution in [0.2, 0.25) is 0 Å². The molecule has 3 aromatic rings. The monoisotopic (exact) mass is 404 g/mol. The maximum atomic E-state index is 13.8. The second-order valence-electron chi connectivity index (χ2n) is 4.32. The Morgan fingerprint density at radius 1 is 1.47 bits per heavy atom. The lowest BCUT2D eigenvalue weighted by molar-refractivity contribution is 0.616. The average Bonchev–Trinajstić information content (AvgIpc) is 2.97. The lowest BCUT2D eigenvalue weighted by Gasteiger charge is -2.13. The maximum Gasteiger partial charge on any atom is 0.178 e. The number of aromatic amines is 1. The number of halogens is 2. The van der Waals surface area contributed by atoms with Gasteiger partial charge < -0.3 is 9.55 Å². The van der Waals surface area contributed by atoms with Crippen LogP contribution in [-0.2, 0) is 0 Å². The standard InChI is InChI=1S/C13H10FIN2S2/c1-7(8-2-3-19-6-8)17-12-4-9(14)10(15)5-11(12)16-13(17)18/h2-7H,1H3,(H,16,18). The molecule has 3 rings (SSSR count). The van der Waals surface area contributed by atoms with Crippen LogP contribution < -0.4 is 0 Å². The van der Waals surface area contributed by atoms with Crippen LogP contribution in [-0.4, -0.2) is 9.55 Å². The Morgan fingerprint density at radius 2 is 2.26 bits per heavy atom. The van der Waals surface area contributed by atoms with Crippen LogP contribution in [0.5, 0.6) is 0 Å². The summed E-state index contributed by atoms with van der Waals surface area (Å²) in [4.78, 5) is 3.15. The lowest BCUT2D eigenvalue weighted by atomic mass is 10.2. The molecule has 1 N–H and O–H groups in total. The Morgan fingerprint density at radius 3 is 2.95 bits per heavy atom. The van der Waals surface area contributed by atoms with Crippen molar-refractivity contribution in [3.05, 3.63) is 48.7 Å². The highest BCUT2D eigenvalue weighted by Crippen LogP contribution is 2.27. The van der Waals surface area contributed by atoms with Crippen molar-refractivity contribution < 1.29 is 4.39 Å². The van der Waals surface area contributed by atoms with Gasteiger partial charge in [0.2, 0.25) is 0 Å². The SMILES string of the molecule is CC(c1ccsc1)n1c(=S)[nH]c2cc(I)c(F)cc21. The van der Waals surface area contributed by atoms with Crippen molar-refractivity contribution in [2.24, 2.45) is 0 Å². The zero-order valence-electron chi connectivity index (χ0n) is 9.98. The molecule has 1 atom stereocenters. The van der Waals surface area contributed by atoms with E-state index < -0.39 is 0 Å². The minimum Gasteiger partial charge on any atom is -0.331 e. The zero-order chi connectivity index (χ0) is 13.6. The van der Waals surface area contributed by atoms with E-state index in [4.69, 9.17) is 12.2 Å². The number of rotatable bonds is 2. The van der Waals surface area contributed by atoms with E-state index >= 15 is 0 Å². The summed E-state index contributed by atoms with van der Waals surface area (Å²) in [7, 11) is 0. The first-order valence-corrected chi connectivity index (χ1v) is 8.12. The highest BCUT2D eigenvalue weighted by atomic mass is 127. The summed E-state index contributed by atoms with van der Waals surface area (Å²) in [5, 5.41) is 4.13. The summed E-state index contributed by atoms with van der Waals surface area (Å²) in [5.74, 6) is -0.214. The van der Waals surface area contributed by atoms with Crippen molar-refractivity contribution >= 4 is 57.2 Å². The summed E-state index contributed by atoms with van der Waals surface area (Å²) < 4.78 is 17.0. The predicted octanol–water partition coefficient (Wildman–Crippen LogP) is 5.11. The van der Waals surface area contributed by atoms with Crippen LogP contribution >= 0.6 is 46.1 Å². The Balaban J connectivity index is 2.26. The molecule has 1 unspecified atom stereocenters. The summed E-state index contributed by atoms with van der Waals surface area (Å²) in [6.45, 7) is 2.07. The molecule has 0 saturated heterocycles. The third-order valence-electron chi connectivity index (χ3n) is 3.17. The van der Waals surface area contributed by atoms with Gasteiger partial charge in [-0.2, -0.15) is 11.3 Å². The van der Waals surface area contributed by atoms with Crippen molar-refractivity contribution in [1.82, 2.24) is 9.55 Å². The van der Waals surface area contributed by atoms with Crippen LogP contribution in [0.25, 0.3) is 11.0 Å². The first kappa shape index (κ1) is 13.3. The zero-order valence-corrected chi connectivity index (χ0v) is 13.8. The Bertz CT molecular complexity index is 789. The third-order valence-corrected chi connectivity index (χ3v) is 5.00. The molecule has 19 heavy (non-hydrogen) atoms. The molecular formula is C13H10FIN2S2. The van der Waals surface area contributed by atoms with E-state index in [2.05, 4.69) is 23.4 Å². The van der Waals surface area contributed by atoms with Crippen LogP contribution in [0.1, 0.15) is 18.5 Å². The molecule has 0 aliphatic rings. The van der Waals surface area contributed by atoms with Gasteiger partial charge in [0.05, 0.1) is 20.6 Å². The van der Waals surface area contributed by atoms with Crippen LogP contribution in [0.3, 0.4) is 0 Å². The van der Waals surface area contributed by atoms with Crippen LogP contribution in [0, 0.1) is 14.2 Å². The molecule has 2 nitrogen and oxygen atoms in total. The number of imidazole rings is 1. The quantitative estimate of drug-likeness (QED) is 0.465. The topological polar surface area (TPSA) is 20.7 Å². The van der Waals surface area contributed by atoms with Crippen LogP contribution in [0.15, 0.2) is 29.0 Å². The molecule has 6 heteroatoms. The average molecular weight is 404 g/mol. The molecule has 0 aliphatic carbocycles. The minimum absolute atomic E-state index is 0.0898. The second-order valence-corrected chi connectivity index (χ2v) is 6.65. The molecule has 0 bridgehead atoms. The van der Waals surface area contributed by atoms with Gasteiger partial charge in [-0.15, -0.1) is 0 Å². The maximum absolute atomic E-state index is 13.8. The third kappa shape index (κ3) is 2.25. The van der Waals surface area contributed by atoms with Gasteiger partial charge in [-0.05, 0) is 70.2 Å². The van der Waals surface area contributed by atoms with Gasteiger partial charge in [0.15, 0.2) is 4.77 Å². The van der Waals surface area contributed by atoms with Crippen molar-refractivity contribution in [3.63, 3.8) is 0 Å². The molecule has 0 spiro atoms. The molecule has 0 fully saturated rings. The molecular weight excluding hydrogens is 394 g/mol. The Labute approximate surface area is 132 Å². The molecule has 0 aliphatic heterocycles. The number of fused-ring (bicyclic) bond motifs is 1. The summed E-state index contributed by atoms with van der Waals surface area (Å²) in [6.07, 6.45) is 0. The normalized spacial score (nSPS) is 13.0.